The van der Waals surface area contributed by atoms with Gasteiger partial charge < -0.3 is 15.6 Å². The Hall–Kier alpha value is -2.88. The van der Waals surface area contributed by atoms with Crippen molar-refractivity contribution in [3.05, 3.63) is 52.9 Å². The Morgan fingerprint density at radius 3 is 2.80 bits per heavy atom. The number of nitriles is 1. The molecule has 0 atom stereocenters. The smallest absolute Gasteiger partial charge is 0.142 e. The van der Waals surface area contributed by atoms with Gasteiger partial charge in [-0.05, 0) is 42.1 Å². The standard InChI is InChI=1S/C19H17N3O2S/c1-2-24-17-6-5-12(8-13(17)11-23)14-9-16(18-4-3-7-25-18)22-19(21)15(14)10-20/h3-9,23H,2,11H2,1H3,(H2,21,22). The molecule has 0 amide bonds. The second-order valence-electron chi connectivity index (χ2n) is 5.32. The van der Waals surface area contributed by atoms with Crippen molar-refractivity contribution in [1.82, 2.24) is 4.98 Å². The number of ether oxygens (including phenoxy) is 1. The number of nitrogen functional groups attached to an aromatic ring is 1. The topological polar surface area (TPSA) is 92.2 Å². The molecule has 0 aliphatic rings. The first-order valence-corrected chi connectivity index (χ1v) is 8.67. The molecule has 0 radical (unpaired) electrons. The predicted octanol–water partition coefficient (Wildman–Crippen LogP) is 3.82. The number of pyridine rings is 1. The van der Waals surface area contributed by atoms with E-state index in [1.807, 2.05) is 42.6 Å². The van der Waals surface area contributed by atoms with Crippen molar-refractivity contribution in [3.8, 4) is 33.5 Å². The van der Waals surface area contributed by atoms with Gasteiger partial charge in [-0.15, -0.1) is 11.3 Å². The maximum Gasteiger partial charge on any atom is 0.142 e. The third-order valence-corrected chi connectivity index (χ3v) is 4.67. The minimum atomic E-state index is -0.149. The zero-order valence-corrected chi connectivity index (χ0v) is 14.5. The summed E-state index contributed by atoms with van der Waals surface area (Å²) in [4.78, 5) is 5.33. The van der Waals surface area contributed by atoms with Crippen LogP contribution >= 0.6 is 11.3 Å². The van der Waals surface area contributed by atoms with E-state index in [0.717, 1.165) is 16.1 Å². The molecule has 3 N–H and O–H groups in total. The van der Waals surface area contributed by atoms with Crippen LogP contribution in [0.15, 0.2) is 41.8 Å². The van der Waals surface area contributed by atoms with Crippen molar-refractivity contribution in [1.29, 1.82) is 5.26 Å². The number of rotatable bonds is 5. The molecule has 3 aromatic rings. The van der Waals surface area contributed by atoms with E-state index in [4.69, 9.17) is 10.5 Å². The highest BCUT2D eigenvalue weighted by molar-refractivity contribution is 7.13. The number of nitrogens with two attached hydrogens (primary N) is 1. The van der Waals surface area contributed by atoms with Crippen molar-refractivity contribution in [2.75, 3.05) is 12.3 Å². The Morgan fingerprint density at radius 1 is 1.32 bits per heavy atom. The van der Waals surface area contributed by atoms with E-state index in [1.54, 1.807) is 17.4 Å². The zero-order chi connectivity index (χ0) is 17.8. The summed E-state index contributed by atoms with van der Waals surface area (Å²) in [6.07, 6.45) is 0. The van der Waals surface area contributed by atoms with E-state index in [0.29, 0.717) is 29.0 Å². The molecule has 0 unspecified atom stereocenters. The van der Waals surface area contributed by atoms with Gasteiger partial charge in [0.2, 0.25) is 0 Å². The van der Waals surface area contributed by atoms with E-state index in [-0.39, 0.29) is 12.4 Å². The number of anilines is 1. The van der Waals surface area contributed by atoms with E-state index in [1.165, 1.54) is 0 Å². The second-order valence-corrected chi connectivity index (χ2v) is 6.27. The molecule has 0 spiro atoms. The Bertz CT molecular complexity index is 931. The van der Waals surface area contributed by atoms with Crippen LogP contribution in [0, 0.1) is 11.3 Å². The van der Waals surface area contributed by atoms with Crippen LogP contribution in [0.3, 0.4) is 0 Å². The lowest BCUT2D eigenvalue weighted by Crippen LogP contribution is -2.01. The Balaban J connectivity index is 2.17. The van der Waals surface area contributed by atoms with E-state index < -0.39 is 0 Å². The van der Waals surface area contributed by atoms with Crippen LogP contribution in [0.1, 0.15) is 18.1 Å². The highest BCUT2D eigenvalue weighted by Crippen LogP contribution is 2.34. The molecular weight excluding hydrogens is 334 g/mol. The normalized spacial score (nSPS) is 10.4. The molecule has 0 aliphatic heterocycles. The maximum absolute atomic E-state index is 9.62. The van der Waals surface area contributed by atoms with Gasteiger partial charge in [-0.1, -0.05) is 12.1 Å². The zero-order valence-electron chi connectivity index (χ0n) is 13.7. The van der Waals surface area contributed by atoms with E-state index in [2.05, 4.69) is 11.1 Å². The van der Waals surface area contributed by atoms with Gasteiger partial charge in [-0.3, -0.25) is 0 Å². The van der Waals surface area contributed by atoms with Crippen LogP contribution in [-0.2, 0) is 6.61 Å². The van der Waals surface area contributed by atoms with Crippen LogP contribution < -0.4 is 10.5 Å². The summed E-state index contributed by atoms with van der Waals surface area (Å²) in [5, 5.41) is 21.1. The predicted molar refractivity (Wildman–Crippen MR) is 99.2 cm³/mol. The first-order valence-electron chi connectivity index (χ1n) is 7.79. The van der Waals surface area contributed by atoms with E-state index >= 15 is 0 Å². The summed E-state index contributed by atoms with van der Waals surface area (Å²) in [6, 6.07) is 13.4. The van der Waals surface area contributed by atoms with Gasteiger partial charge in [0.15, 0.2) is 0 Å². The number of aliphatic hydroxyl groups is 1. The molecule has 0 fully saturated rings. The van der Waals surface area contributed by atoms with Crippen molar-refractivity contribution >= 4 is 17.2 Å². The van der Waals surface area contributed by atoms with Gasteiger partial charge in [0.05, 0.1) is 23.8 Å². The summed E-state index contributed by atoms with van der Waals surface area (Å²) in [7, 11) is 0. The monoisotopic (exact) mass is 351 g/mol. The molecule has 0 saturated heterocycles. The molecule has 6 heteroatoms. The van der Waals surface area contributed by atoms with Crippen LogP contribution in [0.4, 0.5) is 5.82 Å². The van der Waals surface area contributed by atoms with Crippen molar-refractivity contribution < 1.29 is 9.84 Å². The fraction of sp³-hybridized carbons (Fsp3) is 0.158. The Morgan fingerprint density at radius 2 is 2.16 bits per heavy atom. The van der Waals surface area contributed by atoms with Crippen molar-refractivity contribution in [2.45, 2.75) is 13.5 Å². The largest absolute Gasteiger partial charge is 0.494 e. The first-order chi connectivity index (χ1) is 12.2. The maximum atomic E-state index is 9.62. The van der Waals surface area contributed by atoms with Gasteiger partial charge in [-0.25, -0.2) is 4.98 Å². The van der Waals surface area contributed by atoms with Crippen LogP contribution in [0.5, 0.6) is 5.75 Å². The molecule has 5 nitrogen and oxygen atoms in total. The number of hydrogen-bond acceptors (Lipinski definition) is 6. The third kappa shape index (κ3) is 3.33. The number of hydrogen-bond donors (Lipinski definition) is 2. The fourth-order valence-corrected chi connectivity index (χ4v) is 3.31. The quantitative estimate of drug-likeness (QED) is 0.729. The molecule has 0 aliphatic carbocycles. The SMILES string of the molecule is CCOc1ccc(-c2cc(-c3cccs3)nc(N)c2C#N)cc1CO. The lowest BCUT2D eigenvalue weighted by molar-refractivity contribution is 0.267. The molecule has 0 bridgehead atoms. The lowest BCUT2D eigenvalue weighted by Gasteiger charge is -2.13. The number of aromatic nitrogens is 1. The van der Waals surface area contributed by atoms with Gasteiger partial charge >= 0.3 is 0 Å². The molecule has 2 heterocycles. The summed E-state index contributed by atoms with van der Waals surface area (Å²) in [5.41, 5.74) is 9.21. The number of aliphatic hydroxyl groups excluding tert-OH is 1. The molecule has 0 saturated carbocycles. The summed E-state index contributed by atoms with van der Waals surface area (Å²) >= 11 is 1.56. The minimum absolute atomic E-state index is 0.149. The molecule has 126 valence electrons. The number of benzene rings is 1. The second kappa shape index (κ2) is 7.34. The van der Waals surface area contributed by atoms with Crippen LogP contribution in [-0.4, -0.2) is 16.7 Å². The Labute approximate surface area is 150 Å². The summed E-state index contributed by atoms with van der Waals surface area (Å²) in [6.45, 7) is 2.25. The number of thiophene rings is 1. The molecule has 1 aromatic carbocycles. The lowest BCUT2D eigenvalue weighted by atomic mass is 9.98. The molecule has 2 aromatic heterocycles. The van der Waals surface area contributed by atoms with Crippen molar-refractivity contribution in [3.63, 3.8) is 0 Å². The van der Waals surface area contributed by atoms with E-state index in [9.17, 15) is 10.4 Å². The van der Waals surface area contributed by atoms with Gasteiger partial charge in [0, 0.05) is 11.1 Å². The fourth-order valence-electron chi connectivity index (χ4n) is 2.63. The summed E-state index contributed by atoms with van der Waals surface area (Å²) in [5.74, 6) is 0.829. The highest BCUT2D eigenvalue weighted by Gasteiger charge is 2.15. The molecular formula is C19H17N3O2S. The van der Waals surface area contributed by atoms with Gasteiger partial charge in [0.25, 0.3) is 0 Å². The summed E-state index contributed by atoms with van der Waals surface area (Å²) < 4.78 is 5.52. The molecule has 3 rings (SSSR count). The highest BCUT2D eigenvalue weighted by atomic mass is 32.1. The average molecular weight is 351 g/mol. The molecule has 25 heavy (non-hydrogen) atoms. The Kier molecular flexibility index (Phi) is 4.98. The van der Waals surface area contributed by atoms with Crippen LogP contribution in [0.25, 0.3) is 21.7 Å². The third-order valence-electron chi connectivity index (χ3n) is 3.77. The van der Waals surface area contributed by atoms with Gasteiger partial charge in [0.1, 0.15) is 23.2 Å². The van der Waals surface area contributed by atoms with Gasteiger partial charge in [-0.2, -0.15) is 5.26 Å². The van der Waals surface area contributed by atoms with Crippen LogP contribution in [0.2, 0.25) is 0 Å². The number of nitrogens with zero attached hydrogens (tertiary/aromatic N) is 2. The minimum Gasteiger partial charge on any atom is -0.494 e. The first kappa shape index (κ1) is 17.0. The van der Waals surface area contributed by atoms with Crippen molar-refractivity contribution in [2.24, 2.45) is 0 Å². The average Bonchev–Trinajstić information content (AvgIpc) is 3.16.